The number of rotatable bonds is 6. The van der Waals surface area contributed by atoms with Crippen molar-refractivity contribution >= 4 is 38.5 Å². The van der Waals surface area contributed by atoms with Crippen LogP contribution in [0.15, 0.2) is 10.4 Å². The zero-order valence-corrected chi connectivity index (χ0v) is 20.7. The molecule has 4 rings (SSSR count). The maximum absolute atomic E-state index is 13.4. The molecular formula is C22H34N4O5S2. The fourth-order valence-corrected chi connectivity index (χ4v) is 8.29. The van der Waals surface area contributed by atoms with E-state index in [1.165, 1.54) is 12.6 Å². The van der Waals surface area contributed by atoms with E-state index in [9.17, 15) is 23.1 Å². The largest absolute Gasteiger partial charge is 0.480 e. The number of carbonyl (C=O) groups is 2. The number of carbonyl (C=O) groups excluding carboxylic acids is 1. The molecule has 2 saturated carbocycles. The summed E-state index contributed by atoms with van der Waals surface area (Å²) in [6.45, 7) is 2.43. The van der Waals surface area contributed by atoms with E-state index in [1.54, 1.807) is 0 Å². The Morgan fingerprint density at radius 1 is 1.06 bits per heavy atom. The van der Waals surface area contributed by atoms with E-state index in [4.69, 9.17) is 0 Å². The number of carboxylic acid groups (broad SMARTS) is 1. The summed E-state index contributed by atoms with van der Waals surface area (Å²) in [6, 6.07) is -0.843. The number of urea groups is 1. The van der Waals surface area contributed by atoms with E-state index in [0.29, 0.717) is 18.8 Å². The average molecular weight is 499 g/mol. The predicted octanol–water partition coefficient (Wildman–Crippen LogP) is 4.13. The molecule has 3 aliphatic rings. The van der Waals surface area contributed by atoms with Gasteiger partial charge in [-0.3, -0.25) is 10.1 Å². The van der Waals surface area contributed by atoms with Gasteiger partial charge in [-0.1, -0.05) is 37.5 Å². The fourth-order valence-electron chi connectivity index (χ4n) is 5.49. The Morgan fingerprint density at radius 2 is 1.73 bits per heavy atom. The Labute approximate surface area is 199 Å². The normalized spacial score (nSPS) is 27.4. The number of amides is 2. The minimum atomic E-state index is -3.97. The van der Waals surface area contributed by atoms with Crippen molar-refractivity contribution in [3.8, 4) is 0 Å². The van der Waals surface area contributed by atoms with Gasteiger partial charge in [0.05, 0.1) is 6.20 Å². The van der Waals surface area contributed by atoms with E-state index in [-0.39, 0.29) is 34.0 Å². The molecule has 1 aromatic rings. The van der Waals surface area contributed by atoms with Gasteiger partial charge in [0.2, 0.25) is 0 Å². The first-order chi connectivity index (χ1) is 15.8. The third kappa shape index (κ3) is 5.35. The van der Waals surface area contributed by atoms with E-state index < -0.39 is 22.0 Å². The van der Waals surface area contributed by atoms with Crippen molar-refractivity contribution in [1.82, 2.24) is 14.2 Å². The van der Waals surface area contributed by atoms with Crippen LogP contribution in [-0.2, 0) is 14.8 Å². The summed E-state index contributed by atoms with van der Waals surface area (Å²) in [7, 11) is -3.97. The molecule has 0 unspecified atom stereocenters. The number of thiazole rings is 1. The third-order valence-corrected chi connectivity index (χ3v) is 10.6. The summed E-state index contributed by atoms with van der Waals surface area (Å²) < 4.78 is 27.0. The number of aromatic nitrogens is 1. The molecule has 2 N–H and O–H groups in total. The maximum atomic E-state index is 13.4. The van der Waals surface area contributed by atoms with Gasteiger partial charge in [-0.05, 0) is 57.3 Å². The van der Waals surface area contributed by atoms with Gasteiger partial charge in [-0.15, -0.1) is 0 Å². The van der Waals surface area contributed by atoms with Crippen molar-refractivity contribution in [3.05, 3.63) is 6.20 Å². The molecule has 3 fully saturated rings. The van der Waals surface area contributed by atoms with E-state index in [1.807, 2.05) is 4.90 Å². The van der Waals surface area contributed by atoms with Gasteiger partial charge in [0.15, 0.2) is 9.34 Å². The second-order valence-electron chi connectivity index (χ2n) is 9.64. The highest BCUT2D eigenvalue weighted by Crippen LogP contribution is 2.34. The third-order valence-electron chi connectivity index (χ3n) is 7.33. The number of carboxylic acids is 1. The van der Waals surface area contributed by atoms with Crippen LogP contribution in [0, 0.1) is 5.92 Å². The van der Waals surface area contributed by atoms with Gasteiger partial charge < -0.3 is 10.0 Å². The zero-order chi connectivity index (χ0) is 23.6. The monoisotopic (exact) mass is 498 g/mol. The van der Waals surface area contributed by atoms with E-state index in [2.05, 4.69) is 17.2 Å². The number of anilines is 1. The SMILES string of the molecule is CC1CCC(N(C(=O)Nc2ncc(S(=O)(=O)N3CCC[C@@H]3C(=O)O)s2)C2CCCCC2)CC1. The van der Waals surface area contributed by atoms with Crippen molar-refractivity contribution in [1.29, 1.82) is 0 Å². The molecule has 2 amide bonds. The average Bonchev–Trinajstić information content (AvgIpc) is 3.47. The fraction of sp³-hybridized carbons (Fsp3) is 0.773. The van der Waals surface area contributed by atoms with Crippen LogP contribution < -0.4 is 5.32 Å². The smallest absolute Gasteiger partial charge is 0.324 e. The van der Waals surface area contributed by atoms with Crippen LogP contribution in [0.5, 0.6) is 0 Å². The lowest BCUT2D eigenvalue weighted by molar-refractivity contribution is -0.140. The molecule has 1 saturated heterocycles. The Bertz CT molecular complexity index is 952. The van der Waals surface area contributed by atoms with Gasteiger partial charge in [0.25, 0.3) is 10.0 Å². The zero-order valence-electron chi connectivity index (χ0n) is 19.1. The molecule has 1 aromatic heterocycles. The molecule has 0 radical (unpaired) electrons. The van der Waals surface area contributed by atoms with Crippen LogP contribution in [-0.4, -0.2) is 64.4 Å². The minimum Gasteiger partial charge on any atom is -0.480 e. The molecule has 11 heteroatoms. The van der Waals surface area contributed by atoms with Crippen LogP contribution in [0.2, 0.25) is 0 Å². The van der Waals surface area contributed by atoms with Crippen LogP contribution in [0.1, 0.15) is 77.6 Å². The highest BCUT2D eigenvalue weighted by Gasteiger charge is 2.41. The molecule has 184 valence electrons. The maximum Gasteiger partial charge on any atom is 0.324 e. The number of aliphatic carboxylic acids is 1. The molecule has 9 nitrogen and oxygen atoms in total. The first kappa shape index (κ1) is 24.4. The topological polar surface area (TPSA) is 120 Å². The van der Waals surface area contributed by atoms with Gasteiger partial charge in [0, 0.05) is 18.6 Å². The summed E-state index contributed by atoms with van der Waals surface area (Å²) in [4.78, 5) is 31.0. The van der Waals surface area contributed by atoms with Crippen molar-refractivity contribution in [3.63, 3.8) is 0 Å². The Kier molecular flexibility index (Phi) is 7.59. The summed E-state index contributed by atoms with van der Waals surface area (Å²) >= 11 is 0.888. The Morgan fingerprint density at radius 3 is 2.39 bits per heavy atom. The number of nitrogens with zero attached hydrogens (tertiary/aromatic N) is 3. The van der Waals surface area contributed by atoms with Gasteiger partial charge in [0.1, 0.15) is 6.04 Å². The van der Waals surface area contributed by atoms with Gasteiger partial charge in [-0.2, -0.15) is 4.31 Å². The number of sulfonamides is 1. The van der Waals surface area contributed by atoms with Crippen LogP contribution in [0.4, 0.5) is 9.93 Å². The summed E-state index contributed by atoms with van der Waals surface area (Å²) in [5, 5.41) is 12.5. The standard InChI is InChI=1S/C22H34N4O5S2/c1-15-9-11-17(12-10-15)26(16-6-3-2-4-7-16)22(29)24-21-23-14-19(32-21)33(30,31)25-13-5-8-18(25)20(27)28/h14-18H,2-13H2,1H3,(H,27,28)(H,23,24,29)/t15?,17?,18-/m1/s1. The molecule has 33 heavy (non-hydrogen) atoms. The van der Waals surface area contributed by atoms with Crippen molar-refractivity contribution in [2.24, 2.45) is 5.92 Å². The quantitative estimate of drug-likeness (QED) is 0.609. The molecule has 2 heterocycles. The molecule has 1 atom stereocenters. The second kappa shape index (κ2) is 10.3. The lowest BCUT2D eigenvalue weighted by atomic mass is 9.84. The molecule has 2 aliphatic carbocycles. The number of hydrogen-bond donors (Lipinski definition) is 2. The predicted molar refractivity (Wildman–Crippen MR) is 126 cm³/mol. The summed E-state index contributed by atoms with van der Waals surface area (Å²) in [6.07, 6.45) is 11.7. The Hall–Kier alpha value is -1.72. The van der Waals surface area contributed by atoms with Gasteiger partial charge in [-0.25, -0.2) is 18.2 Å². The summed E-state index contributed by atoms with van der Waals surface area (Å²) in [5.74, 6) is -0.455. The van der Waals surface area contributed by atoms with E-state index in [0.717, 1.165) is 67.0 Å². The Balaban J connectivity index is 1.49. The highest BCUT2D eigenvalue weighted by atomic mass is 32.2. The molecular weight excluding hydrogens is 464 g/mol. The first-order valence-electron chi connectivity index (χ1n) is 12.1. The van der Waals surface area contributed by atoms with Crippen molar-refractivity contribution < 1.29 is 23.1 Å². The molecule has 0 bridgehead atoms. The molecule has 1 aliphatic heterocycles. The molecule has 0 aromatic carbocycles. The van der Waals surface area contributed by atoms with Gasteiger partial charge >= 0.3 is 12.0 Å². The summed E-state index contributed by atoms with van der Waals surface area (Å²) in [5.41, 5.74) is 0. The number of hydrogen-bond acceptors (Lipinski definition) is 6. The second-order valence-corrected chi connectivity index (χ2v) is 12.8. The van der Waals surface area contributed by atoms with E-state index >= 15 is 0 Å². The van der Waals surface area contributed by atoms with Crippen LogP contribution in [0.25, 0.3) is 0 Å². The lowest BCUT2D eigenvalue weighted by Crippen LogP contribution is -2.51. The highest BCUT2D eigenvalue weighted by molar-refractivity contribution is 7.91. The van der Waals surface area contributed by atoms with Crippen molar-refractivity contribution in [2.75, 3.05) is 11.9 Å². The molecule has 0 spiro atoms. The number of nitrogens with one attached hydrogen (secondary N) is 1. The van der Waals surface area contributed by atoms with Crippen molar-refractivity contribution in [2.45, 2.75) is 99.9 Å². The van der Waals surface area contributed by atoms with Crippen LogP contribution >= 0.6 is 11.3 Å². The van der Waals surface area contributed by atoms with Crippen LogP contribution in [0.3, 0.4) is 0 Å². The first-order valence-corrected chi connectivity index (χ1v) is 14.3. The minimum absolute atomic E-state index is 0.0401. The lowest BCUT2D eigenvalue weighted by Gasteiger charge is -2.42.